The van der Waals surface area contributed by atoms with Gasteiger partial charge in [0.15, 0.2) is 11.3 Å². The summed E-state index contributed by atoms with van der Waals surface area (Å²) in [6.45, 7) is 0. The number of sulfonamides is 1. The van der Waals surface area contributed by atoms with Crippen LogP contribution in [0.25, 0.3) is 11.0 Å². The van der Waals surface area contributed by atoms with E-state index in [1.165, 1.54) is 72.8 Å². The van der Waals surface area contributed by atoms with Crippen molar-refractivity contribution < 1.29 is 25.4 Å². The third-order valence-electron chi connectivity index (χ3n) is 4.73. The molecule has 10 nitrogen and oxygen atoms in total. The zero-order valence-corrected chi connectivity index (χ0v) is 19.1. The molecule has 0 aliphatic heterocycles. The first-order chi connectivity index (χ1) is 16.6. The van der Waals surface area contributed by atoms with E-state index in [0.29, 0.717) is 0 Å². The van der Waals surface area contributed by atoms with Crippen LogP contribution in [0.5, 0.6) is 5.75 Å². The van der Waals surface area contributed by atoms with Crippen LogP contribution >= 0.6 is 0 Å². The molecule has 4 rings (SSSR count). The molecule has 0 amide bonds. The first-order valence-electron chi connectivity index (χ1n) is 9.67. The van der Waals surface area contributed by atoms with Crippen LogP contribution < -0.4 is 14.5 Å². The van der Waals surface area contributed by atoms with Gasteiger partial charge in [-0.05, 0) is 60.7 Å². The number of hydrogen-bond donors (Lipinski definition) is 1. The standard InChI is InChI=1S/C23H13N3O7S2/c24-13-15-4-8-18(9-5-15)34(28,29)26-20-12-17-2-1-3-21(22(17)32-23(20)27)33-35(30,31)19-10-6-16(14-25)7-11-19/h1-12,26H. The summed E-state index contributed by atoms with van der Waals surface area (Å²) in [6.07, 6.45) is 0. The van der Waals surface area contributed by atoms with Crippen molar-refractivity contribution in [2.45, 2.75) is 9.79 Å². The molecule has 0 aliphatic rings. The molecule has 0 radical (unpaired) electrons. The molecule has 3 aromatic carbocycles. The Bertz CT molecular complexity index is 1800. The van der Waals surface area contributed by atoms with Gasteiger partial charge in [0, 0.05) is 5.39 Å². The zero-order valence-electron chi connectivity index (χ0n) is 17.5. The number of nitrogens with one attached hydrogen (secondary N) is 1. The van der Waals surface area contributed by atoms with Gasteiger partial charge in [-0.15, -0.1) is 0 Å². The van der Waals surface area contributed by atoms with E-state index in [0.717, 1.165) is 0 Å². The van der Waals surface area contributed by atoms with Crippen LogP contribution in [-0.2, 0) is 20.1 Å². The molecular weight excluding hydrogens is 494 g/mol. The van der Waals surface area contributed by atoms with Crippen molar-refractivity contribution in [3.8, 4) is 17.9 Å². The quantitative estimate of drug-likeness (QED) is 0.304. The summed E-state index contributed by atoms with van der Waals surface area (Å²) >= 11 is 0. The van der Waals surface area contributed by atoms with Crippen LogP contribution in [0.3, 0.4) is 0 Å². The number of rotatable bonds is 6. The van der Waals surface area contributed by atoms with Crippen LogP contribution in [0.2, 0.25) is 0 Å². The van der Waals surface area contributed by atoms with Gasteiger partial charge >= 0.3 is 15.7 Å². The largest absolute Gasteiger partial charge is 0.417 e. The van der Waals surface area contributed by atoms with Crippen molar-refractivity contribution in [1.82, 2.24) is 0 Å². The second-order valence-corrected chi connectivity index (χ2v) is 10.3. The van der Waals surface area contributed by atoms with E-state index < -0.39 is 31.5 Å². The second kappa shape index (κ2) is 8.95. The van der Waals surface area contributed by atoms with E-state index in [1.54, 1.807) is 0 Å². The molecule has 1 heterocycles. The van der Waals surface area contributed by atoms with Crippen molar-refractivity contribution in [2.24, 2.45) is 0 Å². The topological polar surface area (TPSA) is 167 Å². The molecule has 0 bridgehead atoms. The van der Waals surface area contributed by atoms with Gasteiger partial charge in [0.25, 0.3) is 10.0 Å². The van der Waals surface area contributed by atoms with E-state index in [-0.39, 0.29) is 37.6 Å². The number of para-hydroxylation sites is 1. The number of hydrogen-bond acceptors (Lipinski definition) is 9. The third kappa shape index (κ3) is 4.84. The van der Waals surface area contributed by atoms with Crippen LogP contribution in [0.1, 0.15) is 11.1 Å². The number of nitriles is 2. The summed E-state index contributed by atoms with van der Waals surface area (Å²) in [6, 6.07) is 19.2. The number of anilines is 1. The lowest BCUT2D eigenvalue weighted by molar-refractivity contribution is 0.475. The molecule has 0 fully saturated rings. The molecule has 0 atom stereocenters. The van der Waals surface area contributed by atoms with Crippen molar-refractivity contribution >= 4 is 36.8 Å². The Morgan fingerprint density at radius 1 is 0.800 bits per heavy atom. The summed E-state index contributed by atoms with van der Waals surface area (Å²) in [5.74, 6) is -0.287. The molecule has 12 heteroatoms. The van der Waals surface area contributed by atoms with Gasteiger partial charge in [0.05, 0.1) is 28.2 Å². The van der Waals surface area contributed by atoms with Gasteiger partial charge in [-0.1, -0.05) is 12.1 Å². The first kappa shape index (κ1) is 23.5. The molecule has 0 aliphatic carbocycles. The summed E-state index contributed by atoms with van der Waals surface area (Å²) in [5, 5.41) is 17.9. The maximum atomic E-state index is 12.7. The van der Waals surface area contributed by atoms with Gasteiger partial charge in [-0.25, -0.2) is 13.2 Å². The van der Waals surface area contributed by atoms with Gasteiger partial charge in [0.1, 0.15) is 10.6 Å². The Morgan fingerprint density at radius 2 is 1.37 bits per heavy atom. The van der Waals surface area contributed by atoms with E-state index in [1.807, 2.05) is 12.1 Å². The average molecular weight is 508 g/mol. The van der Waals surface area contributed by atoms with Crippen molar-refractivity contribution in [2.75, 3.05) is 4.72 Å². The van der Waals surface area contributed by atoms with E-state index in [9.17, 15) is 21.6 Å². The molecule has 0 spiro atoms. The number of nitrogens with zero attached hydrogens (tertiary/aromatic N) is 2. The van der Waals surface area contributed by atoms with Gasteiger partial charge in [0.2, 0.25) is 0 Å². The SMILES string of the molecule is N#Cc1ccc(S(=O)(=O)Nc2cc3cccc(OS(=O)(=O)c4ccc(C#N)cc4)c3oc2=O)cc1. The van der Waals surface area contributed by atoms with Crippen LogP contribution in [0.15, 0.2) is 91.8 Å². The lowest BCUT2D eigenvalue weighted by Gasteiger charge is -2.10. The molecule has 0 unspecified atom stereocenters. The predicted molar refractivity (Wildman–Crippen MR) is 123 cm³/mol. The van der Waals surface area contributed by atoms with E-state index >= 15 is 0 Å². The molecule has 4 aromatic rings. The van der Waals surface area contributed by atoms with Crippen LogP contribution in [0, 0.1) is 22.7 Å². The highest BCUT2D eigenvalue weighted by Gasteiger charge is 2.21. The van der Waals surface area contributed by atoms with Crippen molar-refractivity contribution in [3.63, 3.8) is 0 Å². The lowest BCUT2D eigenvalue weighted by Crippen LogP contribution is -2.18. The third-order valence-corrected chi connectivity index (χ3v) is 7.36. The monoisotopic (exact) mass is 507 g/mol. The molecule has 35 heavy (non-hydrogen) atoms. The fourth-order valence-corrected chi connectivity index (χ4v) is 5.01. The molecular formula is C23H13N3O7S2. The Kier molecular flexibility index (Phi) is 6.01. The van der Waals surface area contributed by atoms with Crippen LogP contribution in [0.4, 0.5) is 5.69 Å². The van der Waals surface area contributed by atoms with Gasteiger partial charge in [-0.3, -0.25) is 4.72 Å². The predicted octanol–water partition coefficient (Wildman–Crippen LogP) is 3.10. The smallest absolute Gasteiger partial charge is 0.360 e. The molecule has 0 saturated heterocycles. The Hall–Kier alpha value is -4.65. The number of benzene rings is 3. The highest BCUT2D eigenvalue weighted by molar-refractivity contribution is 7.92. The summed E-state index contributed by atoms with van der Waals surface area (Å²) in [5.41, 5.74) is -1.18. The van der Waals surface area contributed by atoms with E-state index in [4.69, 9.17) is 19.1 Å². The lowest BCUT2D eigenvalue weighted by atomic mass is 10.2. The molecule has 0 saturated carbocycles. The summed E-state index contributed by atoms with van der Waals surface area (Å²) in [4.78, 5) is 12.1. The fraction of sp³-hybridized carbons (Fsp3) is 0. The summed E-state index contributed by atoms with van der Waals surface area (Å²) < 4.78 is 63.1. The molecule has 1 N–H and O–H groups in total. The normalized spacial score (nSPS) is 11.4. The maximum Gasteiger partial charge on any atom is 0.360 e. The second-order valence-electron chi connectivity index (χ2n) is 7.04. The summed E-state index contributed by atoms with van der Waals surface area (Å²) in [7, 11) is -8.51. The Labute approximate surface area is 199 Å². The first-order valence-corrected chi connectivity index (χ1v) is 12.6. The van der Waals surface area contributed by atoms with Gasteiger partial charge < -0.3 is 8.60 Å². The molecule has 174 valence electrons. The zero-order chi connectivity index (χ0) is 25.2. The minimum absolute atomic E-state index is 0.179. The Balaban J connectivity index is 1.68. The van der Waals surface area contributed by atoms with Crippen LogP contribution in [-0.4, -0.2) is 16.8 Å². The Morgan fingerprint density at radius 3 is 1.94 bits per heavy atom. The highest BCUT2D eigenvalue weighted by Crippen LogP contribution is 2.29. The minimum atomic E-state index is -4.33. The highest BCUT2D eigenvalue weighted by atomic mass is 32.2. The average Bonchev–Trinajstić information content (AvgIpc) is 2.85. The minimum Gasteiger partial charge on any atom is -0.417 e. The fourth-order valence-electron chi connectivity index (χ4n) is 3.03. The maximum absolute atomic E-state index is 12.7. The van der Waals surface area contributed by atoms with Crippen molar-refractivity contribution in [1.29, 1.82) is 10.5 Å². The van der Waals surface area contributed by atoms with Crippen molar-refractivity contribution in [3.05, 3.63) is 94.3 Å². The number of fused-ring (bicyclic) bond motifs is 1. The molecule has 1 aromatic heterocycles. The van der Waals surface area contributed by atoms with Gasteiger partial charge in [-0.2, -0.15) is 18.9 Å². The van der Waals surface area contributed by atoms with E-state index in [2.05, 4.69) is 4.72 Å².